The van der Waals surface area contributed by atoms with Crippen LogP contribution in [0, 0.1) is 0 Å². The molecule has 0 radical (unpaired) electrons. The molecule has 0 saturated heterocycles. The van der Waals surface area contributed by atoms with Crippen molar-refractivity contribution in [1.29, 1.82) is 0 Å². The number of rotatable bonds is 2. The summed E-state index contributed by atoms with van der Waals surface area (Å²) in [5.41, 5.74) is 3.04. The van der Waals surface area contributed by atoms with Gasteiger partial charge in [-0.2, -0.15) is 10.2 Å². The van der Waals surface area contributed by atoms with Crippen LogP contribution >= 0.6 is 0 Å². The molecule has 0 aliphatic rings. The fourth-order valence-corrected chi connectivity index (χ4v) is 1.51. The van der Waals surface area contributed by atoms with Crippen LogP contribution in [-0.2, 0) is 0 Å². The van der Waals surface area contributed by atoms with E-state index in [9.17, 15) is 0 Å². The van der Waals surface area contributed by atoms with E-state index < -0.39 is 0 Å². The van der Waals surface area contributed by atoms with Gasteiger partial charge in [-0.15, -0.1) is 0 Å². The largest absolute Gasteiger partial charge is 0.260 e. The molecular formula is C12H8N6. The Hall–Kier alpha value is -2.76. The van der Waals surface area contributed by atoms with Gasteiger partial charge in [0.25, 0.3) is 0 Å². The van der Waals surface area contributed by atoms with Crippen LogP contribution < -0.4 is 0 Å². The lowest BCUT2D eigenvalue weighted by atomic mass is 10.2. The normalized spacial score (nSPS) is 10.2. The lowest BCUT2D eigenvalue weighted by Gasteiger charge is -2.02. The Labute approximate surface area is 103 Å². The average molecular weight is 236 g/mol. The minimum absolute atomic E-state index is 0.701. The molecule has 0 N–H and O–H groups in total. The van der Waals surface area contributed by atoms with Gasteiger partial charge in [0.05, 0.1) is 36.2 Å². The van der Waals surface area contributed by atoms with Gasteiger partial charge in [-0.05, 0) is 12.1 Å². The molecule has 86 valence electrons. The summed E-state index contributed by atoms with van der Waals surface area (Å²) in [6.07, 6.45) is 9.77. The van der Waals surface area contributed by atoms with Crippen LogP contribution in [-0.4, -0.2) is 30.1 Å². The molecule has 3 aromatic heterocycles. The molecule has 6 heteroatoms. The Morgan fingerprint density at radius 2 is 1.67 bits per heavy atom. The standard InChI is InChI=1S/C12H8N6/c1-4-16-17-5-9(1)11-6-14-7-12(18-11)10-2-3-13-8-15-10/h1-8H. The molecule has 0 atom stereocenters. The van der Waals surface area contributed by atoms with Crippen molar-refractivity contribution in [2.24, 2.45) is 0 Å². The lowest BCUT2D eigenvalue weighted by molar-refractivity contribution is 1.03. The quantitative estimate of drug-likeness (QED) is 0.669. The Morgan fingerprint density at radius 3 is 2.44 bits per heavy atom. The predicted octanol–water partition coefficient (Wildman–Crippen LogP) is 1.39. The van der Waals surface area contributed by atoms with Crippen LogP contribution in [0.5, 0.6) is 0 Å². The highest BCUT2D eigenvalue weighted by Crippen LogP contribution is 2.18. The monoisotopic (exact) mass is 236 g/mol. The molecule has 0 bridgehead atoms. The zero-order valence-electron chi connectivity index (χ0n) is 9.30. The summed E-state index contributed by atoms with van der Waals surface area (Å²) in [5, 5.41) is 7.55. The molecule has 0 fully saturated rings. The third-order valence-corrected chi connectivity index (χ3v) is 2.36. The van der Waals surface area contributed by atoms with Gasteiger partial charge in [-0.25, -0.2) is 15.0 Å². The van der Waals surface area contributed by atoms with E-state index in [1.54, 1.807) is 37.1 Å². The van der Waals surface area contributed by atoms with Crippen LogP contribution in [0.3, 0.4) is 0 Å². The number of hydrogen-bond acceptors (Lipinski definition) is 6. The molecule has 0 aliphatic heterocycles. The third kappa shape index (κ3) is 2.03. The molecular weight excluding hydrogens is 228 g/mol. The molecule has 0 aromatic carbocycles. The Balaban J connectivity index is 2.05. The molecule has 0 amide bonds. The van der Waals surface area contributed by atoms with Crippen molar-refractivity contribution in [3.63, 3.8) is 0 Å². The second kappa shape index (κ2) is 4.62. The zero-order valence-corrected chi connectivity index (χ0v) is 9.30. The first-order chi connectivity index (χ1) is 8.93. The molecule has 3 aromatic rings. The second-order valence-electron chi connectivity index (χ2n) is 3.52. The molecule has 3 heterocycles. The first kappa shape index (κ1) is 10.4. The van der Waals surface area contributed by atoms with E-state index in [4.69, 9.17) is 0 Å². The number of aromatic nitrogens is 6. The van der Waals surface area contributed by atoms with E-state index in [0.29, 0.717) is 5.69 Å². The van der Waals surface area contributed by atoms with Gasteiger partial charge in [-0.3, -0.25) is 4.98 Å². The smallest absolute Gasteiger partial charge is 0.116 e. The summed E-state index contributed by atoms with van der Waals surface area (Å²) < 4.78 is 0. The SMILES string of the molecule is c1cc(-c2cncc(-c3ccnnc3)n2)ncn1. The molecule has 18 heavy (non-hydrogen) atoms. The van der Waals surface area contributed by atoms with Gasteiger partial charge in [0.15, 0.2) is 0 Å². The average Bonchev–Trinajstić information content (AvgIpc) is 2.49. The van der Waals surface area contributed by atoms with Crippen LogP contribution in [0.15, 0.2) is 49.4 Å². The summed E-state index contributed by atoms with van der Waals surface area (Å²) >= 11 is 0. The Kier molecular flexibility index (Phi) is 2.67. The first-order valence-electron chi connectivity index (χ1n) is 5.29. The zero-order chi connectivity index (χ0) is 12.2. The van der Waals surface area contributed by atoms with Crippen LogP contribution in [0.1, 0.15) is 0 Å². The van der Waals surface area contributed by atoms with Crippen LogP contribution in [0.2, 0.25) is 0 Å². The van der Waals surface area contributed by atoms with Crippen LogP contribution in [0.4, 0.5) is 0 Å². The number of hydrogen-bond donors (Lipinski definition) is 0. The van der Waals surface area contributed by atoms with E-state index in [1.807, 2.05) is 6.07 Å². The molecule has 6 nitrogen and oxygen atoms in total. The highest BCUT2D eigenvalue weighted by Gasteiger charge is 2.04. The lowest BCUT2D eigenvalue weighted by Crippen LogP contribution is -1.93. The minimum Gasteiger partial charge on any atom is -0.260 e. The maximum absolute atomic E-state index is 4.49. The van der Waals surface area contributed by atoms with E-state index in [-0.39, 0.29) is 0 Å². The van der Waals surface area contributed by atoms with Gasteiger partial charge >= 0.3 is 0 Å². The van der Waals surface area contributed by atoms with Crippen molar-refractivity contribution < 1.29 is 0 Å². The topological polar surface area (TPSA) is 77.3 Å². The molecule has 3 rings (SSSR count). The summed E-state index contributed by atoms with van der Waals surface area (Å²) in [6.45, 7) is 0. The highest BCUT2D eigenvalue weighted by molar-refractivity contribution is 5.61. The van der Waals surface area contributed by atoms with Crippen molar-refractivity contribution in [1.82, 2.24) is 30.1 Å². The maximum atomic E-state index is 4.49. The minimum atomic E-state index is 0.701. The molecule has 0 spiro atoms. The second-order valence-corrected chi connectivity index (χ2v) is 3.52. The van der Waals surface area contributed by atoms with Crippen molar-refractivity contribution in [3.8, 4) is 22.6 Å². The molecule has 0 unspecified atom stereocenters. The van der Waals surface area contributed by atoms with Gasteiger partial charge in [0.1, 0.15) is 12.0 Å². The van der Waals surface area contributed by atoms with E-state index in [2.05, 4.69) is 30.1 Å². The van der Waals surface area contributed by atoms with Gasteiger partial charge in [0.2, 0.25) is 0 Å². The maximum Gasteiger partial charge on any atom is 0.116 e. The first-order valence-corrected chi connectivity index (χ1v) is 5.29. The van der Waals surface area contributed by atoms with Gasteiger partial charge in [0, 0.05) is 11.8 Å². The summed E-state index contributed by atoms with van der Waals surface area (Å²) in [4.78, 5) is 16.7. The van der Waals surface area contributed by atoms with Crippen molar-refractivity contribution >= 4 is 0 Å². The summed E-state index contributed by atoms with van der Waals surface area (Å²) in [6, 6.07) is 3.62. The fourth-order valence-electron chi connectivity index (χ4n) is 1.51. The Morgan fingerprint density at radius 1 is 0.722 bits per heavy atom. The van der Waals surface area contributed by atoms with Crippen molar-refractivity contribution in [2.75, 3.05) is 0 Å². The van der Waals surface area contributed by atoms with E-state index >= 15 is 0 Å². The Bertz CT molecular complexity index is 586. The molecule has 0 aliphatic carbocycles. The summed E-state index contributed by atoms with van der Waals surface area (Å²) in [7, 11) is 0. The molecule has 0 saturated carbocycles. The third-order valence-electron chi connectivity index (χ3n) is 2.36. The summed E-state index contributed by atoms with van der Waals surface area (Å²) in [5.74, 6) is 0. The fraction of sp³-hybridized carbons (Fsp3) is 0. The van der Waals surface area contributed by atoms with Crippen molar-refractivity contribution in [2.45, 2.75) is 0 Å². The van der Waals surface area contributed by atoms with E-state index in [0.717, 1.165) is 17.0 Å². The number of nitrogens with zero attached hydrogens (tertiary/aromatic N) is 6. The van der Waals surface area contributed by atoms with E-state index in [1.165, 1.54) is 6.33 Å². The van der Waals surface area contributed by atoms with Gasteiger partial charge < -0.3 is 0 Å². The van der Waals surface area contributed by atoms with Gasteiger partial charge in [-0.1, -0.05) is 0 Å². The van der Waals surface area contributed by atoms with Crippen molar-refractivity contribution in [3.05, 3.63) is 49.4 Å². The highest BCUT2D eigenvalue weighted by atomic mass is 15.1. The predicted molar refractivity (Wildman–Crippen MR) is 64.1 cm³/mol. The van der Waals surface area contributed by atoms with Crippen LogP contribution in [0.25, 0.3) is 22.6 Å².